The lowest BCUT2D eigenvalue weighted by molar-refractivity contribution is 0.0514. The molecule has 2 aromatic carbocycles. The van der Waals surface area contributed by atoms with Crippen LogP contribution in [0.3, 0.4) is 0 Å². The van der Waals surface area contributed by atoms with Gasteiger partial charge in [-0.2, -0.15) is 0 Å². The first kappa shape index (κ1) is 33.0. The molecule has 0 aliphatic carbocycles. The van der Waals surface area contributed by atoms with Crippen LogP contribution in [0.5, 0.6) is 0 Å². The van der Waals surface area contributed by atoms with Crippen LogP contribution in [0.4, 0.5) is 0 Å². The second-order valence-electron chi connectivity index (χ2n) is 11.3. The maximum absolute atomic E-state index is 6.80. The molecule has 0 spiro atoms. The van der Waals surface area contributed by atoms with Gasteiger partial charge in [0.1, 0.15) is 0 Å². The number of thioether (sulfide) groups is 2. The summed E-state index contributed by atoms with van der Waals surface area (Å²) in [7, 11) is -0.733. The van der Waals surface area contributed by atoms with E-state index >= 15 is 0 Å². The summed E-state index contributed by atoms with van der Waals surface area (Å²) in [5.41, 5.74) is 2.12. The summed E-state index contributed by atoms with van der Waals surface area (Å²) in [5.74, 6) is 2.33. The first-order valence-electron chi connectivity index (χ1n) is 16.2. The van der Waals surface area contributed by atoms with Crippen molar-refractivity contribution in [2.24, 2.45) is 0 Å². The fraction of sp³-hybridized carbons (Fsp3) is 0.636. The summed E-state index contributed by atoms with van der Waals surface area (Å²) < 4.78 is 26.5. The second kappa shape index (κ2) is 19.4. The van der Waals surface area contributed by atoms with E-state index in [2.05, 4.69) is 73.8 Å². The Labute approximate surface area is 259 Å². The fourth-order valence-corrected chi connectivity index (χ4v) is 8.52. The van der Waals surface area contributed by atoms with Crippen LogP contribution in [0.15, 0.2) is 60.7 Å². The maximum atomic E-state index is 6.80. The smallest absolute Gasteiger partial charge is 0.405 e. The van der Waals surface area contributed by atoms with Gasteiger partial charge in [-0.1, -0.05) is 139 Å². The monoisotopic (exact) mass is 596 g/mol. The second-order valence-corrected chi connectivity index (χ2v) is 14.1. The summed E-state index contributed by atoms with van der Waals surface area (Å²) in [6, 6.07) is 20.6. The maximum Gasteiger partial charge on any atom is 0.494 e. The number of hydrogen-bond acceptors (Lipinski definition) is 6. The van der Waals surface area contributed by atoms with Gasteiger partial charge in [-0.25, -0.2) is 0 Å². The molecule has 3 unspecified atom stereocenters. The number of rotatable bonds is 20. The highest BCUT2D eigenvalue weighted by Crippen LogP contribution is 2.38. The van der Waals surface area contributed by atoms with Crippen LogP contribution in [0.1, 0.15) is 90.9 Å². The van der Waals surface area contributed by atoms with E-state index in [1.54, 1.807) is 0 Å². The van der Waals surface area contributed by atoms with Crippen LogP contribution >= 0.6 is 23.5 Å². The van der Waals surface area contributed by atoms with Gasteiger partial charge < -0.3 is 18.6 Å². The van der Waals surface area contributed by atoms with Crippen molar-refractivity contribution in [3.63, 3.8) is 0 Å². The van der Waals surface area contributed by atoms with Crippen molar-refractivity contribution in [1.82, 2.24) is 0 Å². The van der Waals surface area contributed by atoms with Crippen molar-refractivity contribution in [3.05, 3.63) is 60.7 Å². The third kappa shape index (κ3) is 11.0. The minimum Gasteiger partial charge on any atom is -0.405 e. The van der Waals surface area contributed by atoms with Crippen molar-refractivity contribution in [3.8, 4) is 0 Å². The van der Waals surface area contributed by atoms with Crippen molar-refractivity contribution in [1.29, 1.82) is 0 Å². The predicted molar refractivity (Wildman–Crippen MR) is 180 cm³/mol. The number of unbranched alkanes of at least 4 members (excludes halogenated alkanes) is 10. The molecule has 3 atom stereocenters. The molecular formula is C33H50B2O4S2. The molecular weight excluding hydrogens is 546 g/mol. The van der Waals surface area contributed by atoms with E-state index in [4.69, 9.17) is 18.6 Å². The molecule has 2 aliphatic rings. The van der Waals surface area contributed by atoms with Crippen molar-refractivity contribution >= 4 is 48.7 Å². The molecule has 224 valence electrons. The Morgan fingerprint density at radius 3 is 1.71 bits per heavy atom. The van der Waals surface area contributed by atoms with Crippen LogP contribution in [-0.2, 0) is 18.6 Å². The highest BCUT2D eigenvalue weighted by atomic mass is 32.2. The SMILES string of the molecule is CCCCCCCCSC(SCCCCCCCC)C1OB(c2ccccc2)OC1C1COB(c2ccccc2)O1. The lowest BCUT2D eigenvalue weighted by atomic mass is 9.79. The minimum absolute atomic E-state index is 0.0569. The van der Waals surface area contributed by atoms with E-state index < -0.39 is 0 Å². The van der Waals surface area contributed by atoms with Crippen LogP contribution in [-0.4, -0.2) is 55.2 Å². The van der Waals surface area contributed by atoms with Gasteiger partial charge in [-0.15, -0.1) is 23.5 Å². The van der Waals surface area contributed by atoms with Crippen LogP contribution in [0.25, 0.3) is 0 Å². The molecule has 4 nitrogen and oxygen atoms in total. The summed E-state index contributed by atoms with van der Waals surface area (Å²) in [4.78, 5) is 0. The lowest BCUT2D eigenvalue weighted by Crippen LogP contribution is -2.43. The molecule has 2 heterocycles. The molecule has 0 saturated carbocycles. The van der Waals surface area contributed by atoms with Gasteiger partial charge in [-0.05, 0) is 35.3 Å². The van der Waals surface area contributed by atoms with Gasteiger partial charge in [0.25, 0.3) is 0 Å². The number of benzene rings is 2. The average molecular weight is 597 g/mol. The summed E-state index contributed by atoms with van der Waals surface area (Å²) in [6.45, 7) is 5.08. The Morgan fingerprint density at radius 2 is 1.15 bits per heavy atom. The van der Waals surface area contributed by atoms with E-state index in [0.29, 0.717) is 11.2 Å². The lowest BCUT2D eigenvalue weighted by Gasteiger charge is -2.29. The minimum atomic E-state index is -0.377. The van der Waals surface area contributed by atoms with Crippen molar-refractivity contribution in [2.75, 3.05) is 18.1 Å². The van der Waals surface area contributed by atoms with Gasteiger partial charge in [0.2, 0.25) is 0 Å². The Morgan fingerprint density at radius 1 is 0.634 bits per heavy atom. The highest BCUT2D eigenvalue weighted by Gasteiger charge is 2.51. The Bertz CT molecular complexity index is 923. The van der Waals surface area contributed by atoms with Crippen LogP contribution in [0, 0.1) is 0 Å². The molecule has 0 N–H and O–H groups in total. The Balaban J connectivity index is 1.41. The Hall–Kier alpha value is -0.890. The standard InChI is InChI=1S/C33H50B2O4S2/c1-3-5-7-9-11-19-25-40-33(41-26-20-12-10-8-6-4-2)32-31(38-35(39-32)29-23-17-14-18-24-29)30-27-36-34(37-30)28-21-15-13-16-22-28/h13-18,21-24,30-33H,3-12,19-20,25-27H2,1-2H3. The molecule has 2 fully saturated rings. The molecule has 2 aliphatic heterocycles. The van der Waals surface area contributed by atoms with E-state index in [0.717, 1.165) is 22.4 Å². The first-order chi connectivity index (χ1) is 20.3. The molecule has 0 radical (unpaired) electrons. The average Bonchev–Trinajstić information content (AvgIpc) is 3.68. The molecule has 0 bridgehead atoms. The van der Waals surface area contributed by atoms with Crippen LogP contribution < -0.4 is 10.9 Å². The normalized spacial score (nSPS) is 20.9. The fourth-order valence-electron chi connectivity index (χ4n) is 5.54. The highest BCUT2D eigenvalue weighted by molar-refractivity contribution is 8.17. The summed E-state index contributed by atoms with van der Waals surface area (Å²) in [6.07, 6.45) is 15.5. The van der Waals surface area contributed by atoms with E-state index in [9.17, 15) is 0 Å². The molecule has 41 heavy (non-hydrogen) atoms. The van der Waals surface area contributed by atoms with Gasteiger partial charge >= 0.3 is 14.2 Å². The first-order valence-corrected chi connectivity index (χ1v) is 18.3. The summed E-state index contributed by atoms with van der Waals surface area (Å²) in [5, 5.41) is 0. The number of hydrogen-bond donors (Lipinski definition) is 0. The van der Waals surface area contributed by atoms with Crippen molar-refractivity contribution in [2.45, 2.75) is 114 Å². The third-order valence-electron chi connectivity index (χ3n) is 7.93. The molecule has 0 aromatic heterocycles. The summed E-state index contributed by atoms with van der Waals surface area (Å²) >= 11 is 4.15. The predicted octanol–water partition coefficient (Wildman–Crippen LogP) is 7.49. The quantitative estimate of drug-likeness (QED) is 0.0896. The molecule has 0 amide bonds. The van der Waals surface area contributed by atoms with Gasteiger partial charge in [0.05, 0.1) is 29.5 Å². The molecule has 8 heteroatoms. The zero-order valence-electron chi connectivity index (χ0n) is 25.3. The topological polar surface area (TPSA) is 36.9 Å². The van der Waals surface area contributed by atoms with E-state index in [-0.39, 0.29) is 32.5 Å². The molecule has 2 saturated heterocycles. The van der Waals surface area contributed by atoms with Gasteiger partial charge in [0.15, 0.2) is 0 Å². The Kier molecular flexibility index (Phi) is 15.6. The van der Waals surface area contributed by atoms with Crippen LogP contribution in [0.2, 0.25) is 0 Å². The molecule has 4 rings (SSSR count). The largest absolute Gasteiger partial charge is 0.494 e. The zero-order valence-corrected chi connectivity index (χ0v) is 26.9. The third-order valence-corrected chi connectivity index (χ3v) is 11.0. The van der Waals surface area contributed by atoms with Crippen molar-refractivity contribution < 1.29 is 18.6 Å². The van der Waals surface area contributed by atoms with Gasteiger partial charge in [0, 0.05) is 0 Å². The van der Waals surface area contributed by atoms with E-state index in [1.807, 2.05) is 24.3 Å². The zero-order chi connectivity index (χ0) is 28.5. The van der Waals surface area contributed by atoms with E-state index in [1.165, 1.54) is 77.0 Å². The van der Waals surface area contributed by atoms with Gasteiger partial charge in [-0.3, -0.25) is 0 Å². The molecule has 2 aromatic rings.